The fourth-order valence-corrected chi connectivity index (χ4v) is 4.33. The van der Waals surface area contributed by atoms with Crippen molar-refractivity contribution in [3.05, 3.63) is 71.8 Å². The SMILES string of the molecule is CCOC(=O)[C@]12CC(c3ccccc3)(c3ccccc3)OO[C@@]1(O)CN(C)C2=O. The van der Waals surface area contributed by atoms with Gasteiger partial charge in [0.05, 0.1) is 13.2 Å². The number of benzene rings is 2. The summed E-state index contributed by atoms with van der Waals surface area (Å²) in [7, 11) is 1.51. The van der Waals surface area contributed by atoms with Crippen molar-refractivity contribution >= 4 is 11.9 Å². The van der Waals surface area contributed by atoms with Gasteiger partial charge in [-0.05, 0) is 18.1 Å². The van der Waals surface area contributed by atoms with E-state index in [1.807, 2.05) is 60.7 Å². The van der Waals surface area contributed by atoms with Crippen molar-refractivity contribution in [3.63, 3.8) is 0 Å². The van der Waals surface area contributed by atoms with Crippen LogP contribution in [-0.2, 0) is 29.7 Å². The second-order valence-corrected chi connectivity index (χ2v) is 7.47. The summed E-state index contributed by atoms with van der Waals surface area (Å²) in [6.45, 7) is 1.51. The summed E-state index contributed by atoms with van der Waals surface area (Å²) in [5, 5.41) is 11.2. The molecule has 0 spiro atoms. The van der Waals surface area contributed by atoms with Gasteiger partial charge in [-0.25, -0.2) is 4.89 Å². The van der Waals surface area contributed by atoms with Crippen molar-refractivity contribution in [2.75, 3.05) is 20.2 Å². The number of fused-ring (bicyclic) bond motifs is 1. The molecular formula is C22H23NO6. The predicted octanol–water partition coefficient (Wildman–Crippen LogP) is 1.99. The molecule has 1 N–H and O–H groups in total. The first-order valence-electron chi connectivity index (χ1n) is 9.53. The molecule has 0 saturated carbocycles. The summed E-state index contributed by atoms with van der Waals surface area (Å²) >= 11 is 0. The molecule has 0 unspecified atom stereocenters. The number of β-amino-alcohol motifs (C(OH)–C–C–N with tert-alkyl or cyclic N) is 1. The molecule has 0 aliphatic carbocycles. The van der Waals surface area contributed by atoms with Crippen LogP contribution in [0.1, 0.15) is 24.5 Å². The first-order chi connectivity index (χ1) is 13.9. The number of carbonyl (C=O) groups excluding carboxylic acids is 2. The van der Waals surface area contributed by atoms with E-state index in [0.29, 0.717) is 11.1 Å². The van der Waals surface area contributed by atoms with Crippen LogP contribution in [0.2, 0.25) is 0 Å². The molecule has 1 amide bonds. The minimum atomic E-state index is -2.15. The lowest BCUT2D eigenvalue weighted by Gasteiger charge is -2.48. The van der Waals surface area contributed by atoms with Crippen LogP contribution in [0.5, 0.6) is 0 Å². The van der Waals surface area contributed by atoms with Gasteiger partial charge in [-0.2, -0.15) is 4.89 Å². The predicted molar refractivity (Wildman–Crippen MR) is 102 cm³/mol. The summed E-state index contributed by atoms with van der Waals surface area (Å²) in [4.78, 5) is 39.1. The van der Waals surface area contributed by atoms with E-state index in [4.69, 9.17) is 14.5 Å². The Balaban J connectivity index is 1.94. The van der Waals surface area contributed by atoms with E-state index in [2.05, 4.69) is 0 Å². The largest absolute Gasteiger partial charge is 0.465 e. The first-order valence-corrected chi connectivity index (χ1v) is 9.53. The van der Waals surface area contributed by atoms with E-state index in [9.17, 15) is 14.7 Å². The molecule has 2 fully saturated rings. The molecule has 152 valence electrons. The highest BCUT2D eigenvalue weighted by Crippen LogP contribution is 2.57. The van der Waals surface area contributed by atoms with Gasteiger partial charge < -0.3 is 14.7 Å². The zero-order valence-electron chi connectivity index (χ0n) is 16.3. The molecule has 2 aliphatic rings. The molecule has 0 bridgehead atoms. The standard InChI is InChI=1S/C22H23NO6/c1-3-27-19(25)20-14-21(16-10-6-4-7-11-16,17-12-8-5-9-13-17)28-29-22(20,26)15-23(2)18(20)24/h4-13,26H,3,14-15H2,1-2H3/t20-,22+/m1/s1. The average Bonchev–Trinajstić information content (AvgIpc) is 2.95. The molecule has 2 heterocycles. The Morgan fingerprint density at radius 1 is 1.07 bits per heavy atom. The Labute approximate surface area is 168 Å². The van der Waals surface area contributed by atoms with Crippen molar-refractivity contribution < 1.29 is 29.2 Å². The van der Waals surface area contributed by atoms with E-state index in [-0.39, 0.29) is 19.6 Å². The van der Waals surface area contributed by atoms with Gasteiger partial charge in [0.1, 0.15) is 0 Å². The molecule has 7 nitrogen and oxygen atoms in total. The lowest BCUT2D eigenvalue weighted by Crippen LogP contribution is -2.64. The van der Waals surface area contributed by atoms with Crippen LogP contribution in [0.3, 0.4) is 0 Å². The van der Waals surface area contributed by atoms with Gasteiger partial charge in [-0.1, -0.05) is 60.7 Å². The number of likely N-dealkylation sites (tertiary alicyclic amines) is 1. The van der Waals surface area contributed by atoms with Crippen LogP contribution in [0, 0.1) is 5.41 Å². The van der Waals surface area contributed by atoms with Gasteiger partial charge in [0.15, 0.2) is 5.60 Å². The van der Waals surface area contributed by atoms with Crippen LogP contribution in [0.4, 0.5) is 0 Å². The maximum Gasteiger partial charge on any atom is 0.327 e. The Morgan fingerprint density at radius 2 is 1.62 bits per heavy atom. The molecule has 29 heavy (non-hydrogen) atoms. The van der Waals surface area contributed by atoms with Crippen molar-refractivity contribution in [2.45, 2.75) is 24.7 Å². The number of aliphatic hydroxyl groups is 1. The van der Waals surface area contributed by atoms with Crippen molar-refractivity contribution in [2.24, 2.45) is 5.41 Å². The maximum absolute atomic E-state index is 13.3. The Hall–Kier alpha value is -2.74. The summed E-state index contributed by atoms with van der Waals surface area (Å²) in [5.74, 6) is -3.53. The highest BCUT2D eigenvalue weighted by molar-refractivity contribution is 6.06. The van der Waals surface area contributed by atoms with Gasteiger partial charge in [-0.3, -0.25) is 9.59 Å². The Kier molecular flexibility index (Phi) is 4.69. The summed E-state index contributed by atoms with van der Waals surface area (Å²) < 4.78 is 5.25. The van der Waals surface area contributed by atoms with Gasteiger partial charge in [0.25, 0.3) is 0 Å². The molecule has 2 saturated heterocycles. The third kappa shape index (κ3) is 2.69. The van der Waals surface area contributed by atoms with E-state index in [1.54, 1.807) is 6.92 Å². The van der Waals surface area contributed by atoms with E-state index in [0.717, 1.165) is 0 Å². The second-order valence-electron chi connectivity index (χ2n) is 7.47. The number of nitrogens with zero attached hydrogens (tertiary/aromatic N) is 1. The quantitative estimate of drug-likeness (QED) is 0.483. The highest BCUT2D eigenvalue weighted by Gasteiger charge is 2.75. The third-order valence-electron chi connectivity index (χ3n) is 5.77. The Bertz CT molecular complexity index is 878. The second kappa shape index (κ2) is 6.95. The van der Waals surface area contributed by atoms with Gasteiger partial charge >= 0.3 is 5.97 Å². The minimum Gasteiger partial charge on any atom is -0.465 e. The van der Waals surface area contributed by atoms with Crippen LogP contribution in [-0.4, -0.2) is 47.9 Å². The number of rotatable bonds is 4. The molecular weight excluding hydrogens is 374 g/mol. The summed E-state index contributed by atoms with van der Waals surface area (Å²) in [6, 6.07) is 18.4. The Morgan fingerprint density at radius 3 is 2.14 bits per heavy atom. The number of hydrogen-bond acceptors (Lipinski definition) is 6. The van der Waals surface area contributed by atoms with Crippen molar-refractivity contribution in [1.29, 1.82) is 0 Å². The van der Waals surface area contributed by atoms with Gasteiger partial charge in [-0.15, -0.1) is 0 Å². The minimum absolute atomic E-state index is 0.0676. The fourth-order valence-electron chi connectivity index (χ4n) is 4.33. The summed E-state index contributed by atoms with van der Waals surface area (Å²) in [5.41, 5.74) is -1.86. The molecule has 2 atom stereocenters. The van der Waals surface area contributed by atoms with Gasteiger partial charge in [0.2, 0.25) is 17.1 Å². The summed E-state index contributed by atoms with van der Waals surface area (Å²) in [6.07, 6.45) is -0.160. The number of likely N-dealkylation sites (N-methyl/N-ethyl adjacent to an activating group) is 1. The normalized spacial score (nSPS) is 28.1. The first kappa shape index (κ1) is 19.6. The van der Waals surface area contributed by atoms with Crippen LogP contribution < -0.4 is 0 Å². The number of ether oxygens (including phenoxy) is 1. The molecule has 4 rings (SSSR count). The molecule has 0 aromatic heterocycles. The van der Waals surface area contributed by atoms with Crippen LogP contribution in [0.15, 0.2) is 60.7 Å². The lowest BCUT2D eigenvalue weighted by molar-refractivity contribution is -0.497. The van der Waals surface area contributed by atoms with Gasteiger partial charge in [0, 0.05) is 13.5 Å². The molecule has 2 aromatic rings. The number of esters is 1. The molecule has 2 aliphatic heterocycles. The monoisotopic (exact) mass is 397 g/mol. The molecule has 2 aromatic carbocycles. The topological polar surface area (TPSA) is 85.3 Å². The lowest BCUT2D eigenvalue weighted by atomic mass is 9.67. The van der Waals surface area contributed by atoms with Crippen molar-refractivity contribution in [3.8, 4) is 0 Å². The van der Waals surface area contributed by atoms with Crippen LogP contribution >= 0.6 is 0 Å². The smallest absolute Gasteiger partial charge is 0.327 e. The zero-order valence-corrected chi connectivity index (χ0v) is 16.3. The zero-order chi connectivity index (χ0) is 20.7. The van der Waals surface area contributed by atoms with Crippen LogP contribution in [0.25, 0.3) is 0 Å². The maximum atomic E-state index is 13.3. The molecule has 7 heteroatoms. The number of hydrogen-bond donors (Lipinski definition) is 1. The highest BCUT2D eigenvalue weighted by atomic mass is 17.2. The van der Waals surface area contributed by atoms with E-state index >= 15 is 0 Å². The number of amides is 1. The molecule has 0 radical (unpaired) electrons. The average molecular weight is 397 g/mol. The van der Waals surface area contributed by atoms with E-state index < -0.39 is 28.7 Å². The van der Waals surface area contributed by atoms with E-state index in [1.165, 1.54) is 11.9 Å². The third-order valence-corrected chi connectivity index (χ3v) is 5.77. The van der Waals surface area contributed by atoms with Crippen molar-refractivity contribution in [1.82, 2.24) is 4.90 Å². The number of carbonyl (C=O) groups is 2. The fraction of sp³-hybridized carbons (Fsp3) is 0.364.